The van der Waals surface area contributed by atoms with Crippen molar-refractivity contribution in [3.05, 3.63) is 33.2 Å². The lowest BCUT2D eigenvalue weighted by Crippen LogP contribution is -2.15. The molecule has 4 nitrogen and oxygen atoms in total. The van der Waals surface area contributed by atoms with E-state index in [1.54, 1.807) is 0 Å². The predicted molar refractivity (Wildman–Crippen MR) is 46.9 cm³/mol. The van der Waals surface area contributed by atoms with E-state index in [-0.39, 0.29) is 0 Å². The quantitative estimate of drug-likeness (QED) is 0.787. The molecule has 15 heavy (non-hydrogen) atoms. The van der Waals surface area contributed by atoms with Gasteiger partial charge < -0.3 is 4.98 Å². The maximum absolute atomic E-state index is 12.2. The molecule has 1 N–H and O–H groups in total. The molecule has 0 radical (unpaired) electrons. The number of hydrogen-bond donors (Lipinski definition) is 1. The van der Waals surface area contributed by atoms with Crippen molar-refractivity contribution >= 4 is 16.8 Å². The summed E-state index contributed by atoms with van der Waals surface area (Å²) in [5.74, 6) is 0. The van der Waals surface area contributed by atoms with Gasteiger partial charge in [0.05, 0.1) is 5.69 Å². The molecule has 0 aliphatic heterocycles. The van der Waals surface area contributed by atoms with Gasteiger partial charge in [-0.2, -0.15) is 5.26 Å². The third-order valence-electron chi connectivity index (χ3n) is 1.60. The van der Waals surface area contributed by atoms with E-state index in [1.165, 1.54) is 6.07 Å². The van der Waals surface area contributed by atoms with Crippen LogP contribution in [0.15, 0.2) is 10.9 Å². The van der Waals surface area contributed by atoms with Gasteiger partial charge in [0, 0.05) is 6.07 Å². The first-order chi connectivity index (χ1) is 6.97. The van der Waals surface area contributed by atoms with Crippen LogP contribution in [-0.2, 0) is 0 Å². The maximum Gasteiger partial charge on any atom is 0.278 e. The van der Waals surface area contributed by atoms with E-state index in [9.17, 15) is 18.4 Å². The zero-order valence-corrected chi connectivity index (χ0v) is 7.81. The van der Waals surface area contributed by atoms with Crippen LogP contribution in [0.4, 0.5) is 8.78 Å². The van der Waals surface area contributed by atoms with Crippen LogP contribution in [0.2, 0.25) is 0 Å². The Kier molecular flexibility index (Phi) is 3.17. The molecule has 0 bridgehead atoms. The number of alkyl halides is 2. The largest absolute Gasteiger partial charge is 0.349 e. The smallest absolute Gasteiger partial charge is 0.278 e. The summed E-state index contributed by atoms with van der Waals surface area (Å²) < 4.78 is 24.4. The molecule has 0 fully saturated rings. The second-order valence-corrected chi connectivity index (χ2v) is 2.87. The van der Waals surface area contributed by atoms with Crippen molar-refractivity contribution in [1.29, 1.82) is 5.26 Å². The molecular weight excluding hydrogens is 230 g/mol. The zero-order chi connectivity index (χ0) is 11.6. The Hall–Kier alpha value is -1.74. The molecule has 0 saturated heterocycles. The summed E-state index contributed by atoms with van der Waals surface area (Å²) in [6.45, 7) is 0. The van der Waals surface area contributed by atoms with Crippen molar-refractivity contribution in [2.45, 2.75) is 6.43 Å². The Morgan fingerprint density at radius 2 is 2.20 bits per heavy atom. The fraction of sp³-hybridized carbons (Fsp3) is 0.125. The minimum absolute atomic E-state index is 0.562. The number of carbonyl (C=O) groups excluding carboxylic acids is 1. The van der Waals surface area contributed by atoms with Crippen molar-refractivity contribution in [2.24, 2.45) is 0 Å². The maximum atomic E-state index is 12.2. The first-order valence-electron chi connectivity index (χ1n) is 3.62. The van der Waals surface area contributed by atoms with Gasteiger partial charge in [-0.05, 0) is 11.6 Å². The Balaban J connectivity index is 3.55. The molecule has 0 aliphatic rings. The molecule has 1 aromatic heterocycles. The van der Waals surface area contributed by atoms with Crippen LogP contribution in [-0.4, -0.2) is 10.2 Å². The van der Waals surface area contributed by atoms with Gasteiger partial charge in [0.1, 0.15) is 17.3 Å². The molecule has 7 heteroatoms. The lowest BCUT2D eigenvalue weighted by molar-refractivity contribution is 0.107. The van der Waals surface area contributed by atoms with Gasteiger partial charge in [0.25, 0.3) is 11.7 Å². The molecule has 0 unspecified atom stereocenters. The van der Waals surface area contributed by atoms with E-state index >= 15 is 0 Å². The van der Waals surface area contributed by atoms with Crippen LogP contribution in [0.3, 0.4) is 0 Å². The van der Waals surface area contributed by atoms with Crippen LogP contribution in [0, 0.1) is 11.3 Å². The number of H-pyrrole nitrogens is 1. The summed E-state index contributed by atoms with van der Waals surface area (Å²) in [7, 11) is 0. The van der Waals surface area contributed by atoms with E-state index in [0.717, 1.165) is 0 Å². The molecule has 78 valence electrons. The highest BCUT2D eigenvalue weighted by atomic mass is 35.5. The first kappa shape index (κ1) is 11.3. The van der Waals surface area contributed by atoms with Crippen LogP contribution in [0.5, 0.6) is 0 Å². The molecule has 1 rings (SSSR count). The summed E-state index contributed by atoms with van der Waals surface area (Å²) in [4.78, 5) is 23.8. The number of aromatic nitrogens is 1. The first-order valence-corrected chi connectivity index (χ1v) is 4.00. The van der Waals surface area contributed by atoms with E-state index in [2.05, 4.69) is 0 Å². The normalized spacial score (nSPS) is 10.1. The van der Waals surface area contributed by atoms with Gasteiger partial charge in [-0.15, -0.1) is 0 Å². The monoisotopic (exact) mass is 232 g/mol. The van der Waals surface area contributed by atoms with Crippen LogP contribution < -0.4 is 5.43 Å². The highest BCUT2D eigenvalue weighted by molar-refractivity contribution is 6.67. The van der Waals surface area contributed by atoms with Crippen LogP contribution >= 0.6 is 11.6 Å². The molecule has 0 amide bonds. The lowest BCUT2D eigenvalue weighted by Gasteiger charge is -2.03. The molecule has 0 atom stereocenters. The highest BCUT2D eigenvalue weighted by Gasteiger charge is 2.18. The number of rotatable bonds is 2. The molecule has 1 aromatic rings. The van der Waals surface area contributed by atoms with E-state index in [1.807, 2.05) is 4.98 Å². The number of carbonyl (C=O) groups is 1. The van der Waals surface area contributed by atoms with Gasteiger partial charge in [-0.25, -0.2) is 8.78 Å². The molecule has 0 aliphatic carbocycles. The fourth-order valence-electron chi connectivity index (χ4n) is 0.955. The molecule has 0 aromatic carbocycles. The van der Waals surface area contributed by atoms with Crippen molar-refractivity contribution in [3.8, 4) is 6.07 Å². The number of aromatic amines is 1. The summed E-state index contributed by atoms with van der Waals surface area (Å²) in [5, 5.41) is 7.35. The topological polar surface area (TPSA) is 73.7 Å². The molecule has 0 spiro atoms. The van der Waals surface area contributed by atoms with Gasteiger partial charge >= 0.3 is 0 Å². The molecule has 0 saturated carbocycles. The SMILES string of the molecule is N#Cc1c(C(=O)Cl)[nH]c(C(F)F)cc1=O. The van der Waals surface area contributed by atoms with Crippen LogP contribution in [0.25, 0.3) is 0 Å². The number of hydrogen-bond acceptors (Lipinski definition) is 3. The second kappa shape index (κ2) is 4.19. The zero-order valence-electron chi connectivity index (χ0n) is 7.05. The molecular formula is C8H3ClF2N2O2. The number of nitriles is 1. The number of nitrogens with one attached hydrogen (secondary N) is 1. The Labute approximate surface area is 87.1 Å². The van der Waals surface area contributed by atoms with Crippen molar-refractivity contribution < 1.29 is 13.6 Å². The number of nitrogens with zero attached hydrogens (tertiary/aromatic N) is 1. The third-order valence-corrected chi connectivity index (χ3v) is 1.78. The third kappa shape index (κ3) is 2.19. The van der Waals surface area contributed by atoms with Gasteiger partial charge in [-0.1, -0.05) is 0 Å². The van der Waals surface area contributed by atoms with Gasteiger partial charge in [0.2, 0.25) is 5.43 Å². The minimum atomic E-state index is -2.94. The Morgan fingerprint density at radius 1 is 1.60 bits per heavy atom. The predicted octanol–water partition coefficient (Wildman–Crippen LogP) is 1.56. The Morgan fingerprint density at radius 3 is 2.60 bits per heavy atom. The van der Waals surface area contributed by atoms with Crippen molar-refractivity contribution in [1.82, 2.24) is 4.98 Å². The number of pyridine rings is 1. The summed E-state index contributed by atoms with van der Waals surface area (Å²) in [6.07, 6.45) is -2.94. The second-order valence-electron chi connectivity index (χ2n) is 2.53. The van der Waals surface area contributed by atoms with Crippen LogP contribution in [0.1, 0.15) is 28.2 Å². The standard InChI is InChI=1S/C8H3ClF2N2O2/c9-7(15)6-3(2-12)5(14)1-4(13-6)8(10)11/h1,8H,(H,13,14). The lowest BCUT2D eigenvalue weighted by atomic mass is 10.2. The van der Waals surface area contributed by atoms with Gasteiger partial charge in [0.15, 0.2) is 0 Å². The summed E-state index contributed by atoms with van der Waals surface area (Å²) in [6, 6.07) is 1.98. The van der Waals surface area contributed by atoms with Gasteiger partial charge in [-0.3, -0.25) is 9.59 Å². The Bertz CT molecular complexity index is 504. The number of halogens is 3. The van der Waals surface area contributed by atoms with E-state index < -0.39 is 34.0 Å². The molecule has 1 heterocycles. The summed E-state index contributed by atoms with van der Waals surface area (Å²) >= 11 is 5.03. The average Bonchev–Trinajstić information content (AvgIpc) is 2.16. The fourth-order valence-corrected chi connectivity index (χ4v) is 1.10. The average molecular weight is 233 g/mol. The van der Waals surface area contributed by atoms with E-state index in [4.69, 9.17) is 16.9 Å². The highest BCUT2D eigenvalue weighted by Crippen LogP contribution is 2.16. The minimum Gasteiger partial charge on any atom is -0.349 e. The van der Waals surface area contributed by atoms with E-state index in [0.29, 0.717) is 6.07 Å². The van der Waals surface area contributed by atoms with Crippen molar-refractivity contribution in [2.75, 3.05) is 0 Å². The van der Waals surface area contributed by atoms with Crippen molar-refractivity contribution in [3.63, 3.8) is 0 Å². The summed E-state index contributed by atoms with van der Waals surface area (Å²) in [5.41, 5.74) is -2.89.